The highest BCUT2D eigenvalue weighted by Gasteiger charge is 2.11. The molecular weight excluding hydrogens is 218 g/mol. The minimum Gasteiger partial charge on any atom is -0.475 e. The number of hydrogen-bond acceptors (Lipinski definition) is 3. The second-order valence-electron chi connectivity index (χ2n) is 2.75. The SMILES string of the molecule is Cl.O=C(O)c1cc(-c2ccccc2)no1. The lowest BCUT2D eigenvalue weighted by atomic mass is 10.1. The van der Waals surface area contributed by atoms with Crippen molar-refractivity contribution in [1.82, 2.24) is 5.16 Å². The van der Waals surface area contributed by atoms with Crippen LogP contribution in [0.1, 0.15) is 10.6 Å². The Hall–Kier alpha value is -1.81. The molecule has 1 aromatic heterocycles. The monoisotopic (exact) mass is 225 g/mol. The van der Waals surface area contributed by atoms with Crippen LogP contribution >= 0.6 is 12.4 Å². The van der Waals surface area contributed by atoms with Gasteiger partial charge in [0.1, 0.15) is 5.69 Å². The zero-order chi connectivity index (χ0) is 9.97. The fraction of sp³-hybridized carbons (Fsp3) is 0. The van der Waals surface area contributed by atoms with Crippen molar-refractivity contribution in [2.45, 2.75) is 0 Å². The molecule has 5 heteroatoms. The zero-order valence-corrected chi connectivity index (χ0v) is 8.40. The van der Waals surface area contributed by atoms with Crippen molar-refractivity contribution in [3.63, 3.8) is 0 Å². The van der Waals surface area contributed by atoms with Crippen LogP contribution in [0.25, 0.3) is 11.3 Å². The number of halogens is 1. The summed E-state index contributed by atoms with van der Waals surface area (Å²) in [5.74, 6) is -1.26. The van der Waals surface area contributed by atoms with Gasteiger partial charge in [-0.15, -0.1) is 12.4 Å². The van der Waals surface area contributed by atoms with Crippen LogP contribution < -0.4 is 0 Å². The van der Waals surface area contributed by atoms with Crippen molar-refractivity contribution in [1.29, 1.82) is 0 Å². The molecule has 0 radical (unpaired) electrons. The summed E-state index contributed by atoms with van der Waals surface area (Å²) in [5.41, 5.74) is 1.37. The van der Waals surface area contributed by atoms with Gasteiger partial charge >= 0.3 is 5.97 Å². The molecular formula is C10H8ClNO3. The Morgan fingerprint density at radius 3 is 2.47 bits per heavy atom. The summed E-state index contributed by atoms with van der Waals surface area (Å²) in [6, 6.07) is 10.7. The van der Waals surface area contributed by atoms with Crippen LogP contribution in [-0.4, -0.2) is 16.2 Å². The standard InChI is InChI=1S/C10H7NO3.ClH/c12-10(13)9-6-8(11-14-9)7-4-2-1-3-5-7;/h1-6H,(H,12,13);1H. The number of hydrogen-bond donors (Lipinski definition) is 1. The Bertz CT molecular complexity index is 453. The van der Waals surface area contributed by atoms with E-state index in [4.69, 9.17) is 5.11 Å². The minimum absolute atomic E-state index is 0. The van der Waals surface area contributed by atoms with E-state index in [0.29, 0.717) is 5.69 Å². The molecule has 1 aromatic carbocycles. The normalized spacial score (nSPS) is 9.33. The van der Waals surface area contributed by atoms with E-state index < -0.39 is 5.97 Å². The van der Waals surface area contributed by atoms with E-state index in [1.165, 1.54) is 6.07 Å². The van der Waals surface area contributed by atoms with E-state index in [-0.39, 0.29) is 18.2 Å². The van der Waals surface area contributed by atoms with Crippen LogP contribution in [0.15, 0.2) is 40.9 Å². The van der Waals surface area contributed by atoms with Gasteiger partial charge in [-0.1, -0.05) is 35.5 Å². The third-order valence-corrected chi connectivity index (χ3v) is 1.79. The average molecular weight is 226 g/mol. The molecule has 0 spiro atoms. The topological polar surface area (TPSA) is 63.3 Å². The first-order chi connectivity index (χ1) is 6.77. The molecule has 2 rings (SSSR count). The Kier molecular flexibility index (Phi) is 3.46. The highest BCUT2D eigenvalue weighted by atomic mass is 35.5. The molecule has 0 saturated heterocycles. The smallest absolute Gasteiger partial charge is 0.374 e. The number of carboxylic acids is 1. The molecule has 0 fully saturated rings. The lowest BCUT2D eigenvalue weighted by Gasteiger charge is -1.90. The van der Waals surface area contributed by atoms with Crippen molar-refractivity contribution in [2.75, 3.05) is 0 Å². The Labute approximate surface area is 91.9 Å². The van der Waals surface area contributed by atoms with Gasteiger partial charge in [0.2, 0.25) is 5.76 Å². The van der Waals surface area contributed by atoms with Gasteiger partial charge < -0.3 is 9.63 Å². The first-order valence-electron chi connectivity index (χ1n) is 4.03. The van der Waals surface area contributed by atoms with Crippen LogP contribution in [0.5, 0.6) is 0 Å². The van der Waals surface area contributed by atoms with E-state index in [9.17, 15) is 4.79 Å². The predicted octanol–water partition coefficient (Wildman–Crippen LogP) is 2.46. The van der Waals surface area contributed by atoms with Crippen molar-refractivity contribution >= 4 is 18.4 Å². The third kappa shape index (κ3) is 2.35. The van der Waals surface area contributed by atoms with Crippen LogP contribution in [-0.2, 0) is 0 Å². The summed E-state index contributed by atoms with van der Waals surface area (Å²) in [4.78, 5) is 10.5. The molecule has 2 aromatic rings. The van der Waals surface area contributed by atoms with Crippen molar-refractivity contribution in [2.24, 2.45) is 0 Å². The van der Waals surface area contributed by atoms with Crippen molar-refractivity contribution in [3.05, 3.63) is 42.2 Å². The molecule has 15 heavy (non-hydrogen) atoms. The predicted molar refractivity (Wildman–Crippen MR) is 56.1 cm³/mol. The molecule has 0 aliphatic heterocycles. The molecule has 78 valence electrons. The Balaban J connectivity index is 0.00000112. The highest BCUT2D eigenvalue weighted by Crippen LogP contribution is 2.18. The maximum atomic E-state index is 10.5. The van der Waals surface area contributed by atoms with Gasteiger partial charge in [-0.2, -0.15) is 0 Å². The summed E-state index contributed by atoms with van der Waals surface area (Å²) < 4.78 is 4.63. The molecule has 1 N–H and O–H groups in total. The molecule has 1 heterocycles. The number of aromatic carboxylic acids is 1. The molecule has 0 aliphatic rings. The summed E-state index contributed by atoms with van der Waals surface area (Å²) in [6.45, 7) is 0. The van der Waals surface area contributed by atoms with E-state index >= 15 is 0 Å². The van der Waals surface area contributed by atoms with Crippen LogP contribution in [0.4, 0.5) is 0 Å². The van der Waals surface area contributed by atoms with E-state index in [2.05, 4.69) is 9.68 Å². The number of carbonyl (C=O) groups is 1. The van der Waals surface area contributed by atoms with Gasteiger partial charge in [0.05, 0.1) is 0 Å². The maximum absolute atomic E-state index is 10.5. The number of aromatic nitrogens is 1. The lowest BCUT2D eigenvalue weighted by molar-refractivity contribution is 0.0652. The van der Waals surface area contributed by atoms with Gasteiger partial charge in [0.15, 0.2) is 0 Å². The first-order valence-corrected chi connectivity index (χ1v) is 4.03. The van der Waals surface area contributed by atoms with Crippen molar-refractivity contribution < 1.29 is 14.4 Å². The lowest BCUT2D eigenvalue weighted by Crippen LogP contribution is -1.91. The van der Waals surface area contributed by atoms with Crippen LogP contribution in [0.3, 0.4) is 0 Å². The average Bonchev–Trinajstić information content (AvgIpc) is 2.68. The molecule has 0 saturated carbocycles. The van der Waals surface area contributed by atoms with E-state index in [1.54, 1.807) is 0 Å². The number of nitrogens with zero attached hydrogens (tertiary/aromatic N) is 1. The van der Waals surface area contributed by atoms with E-state index in [1.807, 2.05) is 30.3 Å². The van der Waals surface area contributed by atoms with Gasteiger partial charge in [-0.3, -0.25) is 0 Å². The van der Waals surface area contributed by atoms with E-state index in [0.717, 1.165) is 5.56 Å². The summed E-state index contributed by atoms with van der Waals surface area (Å²) >= 11 is 0. The summed E-state index contributed by atoms with van der Waals surface area (Å²) in [6.07, 6.45) is 0. The molecule has 0 atom stereocenters. The second kappa shape index (κ2) is 4.61. The molecule has 0 unspecified atom stereocenters. The fourth-order valence-corrected chi connectivity index (χ4v) is 1.12. The Morgan fingerprint density at radius 2 is 1.93 bits per heavy atom. The summed E-state index contributed by atoms with van der Waals surface area (Å²) in [5, 5.41) is 12.3. The number of carboxylic acid groups (broad SMARTS) is 1. The maximum Gasteiger partial charge on any atom is 0.374 e. The Morgan fingerprint density at radius 1 is 1.27 bits per heavy atom. The molecule has 0 bridgehead atoms. The molecule has 0 aliphatic carbocycles. The van der Waals surface area contributed by atoms with Gasteiger partial charge in [0.25, 0.3) is 0 Å². The number of benzene rings is 1. The van der Waals surface area contributed by atoms with Gasteiger partial charge in [-0.05, 0) is 0 Å². The minimum atomic E-state index is -1.11. The molecule has 0 amide bonds. The molecule has 4 nitrogen and oxygen atoms in total. The quantitative estimate of drug-likeness (QED) is 0.853. The second-order valence-corrected chi connectivity index (χ2v) is 2.75. The van der Waals surface area contributed by atoms with Crippen LogP contribution in [0.2, 0.25) is 0 Å². The van der Waals surface area contributed by atoms with Crippen LogP contribution in [0, 0.1) is 0 Å². The number of rotatable bonds is 2. The van der Waals surface area contributed by atoms with Gasteiger partial charge in [0, 0.05) is 11.6 Å². The van der Waals surface area contributed by atoms with Crippen molar-refractivity contribution in [3.8, 4) is 11.3 Å². The zero-order valence-electron chi connectivity index (χ0n) is 7.58. The first kappa shape index (κ1) is 11.3. The largest absolute Gasteiger partial charge is 0.475 e. The fourth-order valence-electron chi connectivity index (χ4n) is 1.12. The van der Waals surface area contributed by atoms with Gasteiger partial charge in [-0.25, -0.2) is 4.79 Å². The summed E-state index contributed by atoms with van der Waals surface area (Å²) in [7, 11) is 0. The third-order valence-electron chi connectivity index (χ3n) is 1.79. The highest BCUT2D eigenvalue weighted by molar-refractivity contribution is 5.85.